The van der Waals surface area contributed by atoms with Crippen LogP contribution in [0.5, 0.6) is 5.75 Å². The summed E-state index contributed by atoms with van der Waals surface area (Å²) in [5, 5.41) is 11.2. The lowest BCUT2D eigenvalue weighted by molar-refractivity contribution is 0.253. The molecule has 4 rings (SSSR count). The van der Waals surface area contributed by atoms with Gasteiger partial charge in [0, 0.05) is 30.4 Å². The molecule has 1 fully saturated rings. The normalized spacial score (nSPS) is 16.0. The predicted molar refractivity (Wildman–Crippen MR) is 113 cm³/mol. The number of anilines is 1. The molecule has 3 aromatic rings. The lowest BCUT2D eigenvalue weighted by Gasteiger charge is -2.36. The Morgan fingerprint density at radius 1 is 1.07 bits per heavy atom. The van der Waals surface area contributed by atoms with Gasteiger partial charge in [0.05, 0.1) is 10.5 Å². The molecular formula is C22H24ClN3O. The average molecular weight is 382 g/mol. The molecule has 1 aliphatic heterocycles. The molecule has 0 saturated carbocycles. The Hall–Kier alpha value is -2.30. The maximum Gasteiger partial charge on any atom is 0.134 e. The SMILES string of the molecule is CN1CCC(N(C)c2ccnc3ccc(-c4ccc(O)c(Cl)c4)cc23)CC1. The Morgan fingerprint density at radius 3 is 2.52 bits per heavy atom. The highest BCUT2D eigenvalue weighted by atomic mass is 35.5. The van der Waals surface area contributed by atoms with Crippen molar-refractivity contribution in [2.45, 2.75) is 18.9 Å². The number of hydrogen-bond donors (Lipinski definition) is 1. The minimum absolute atomic E-state index is 0.102. The van der Waals surface area contributed by atoms with Crippen LogP contribution in [0, 0.1) is 0 Å². The second-order valence-corrected chi connectivity index (χ2v) is 7.78. The van der Waals surface area contributed by atoms with E-state index < -0.39 is 0 Å². The van der Waals surface area contributed by atoms with E-state index in [1.807, 2.05) is 12.3 Å². The third-order valence-electron chi connectivity index (χ3n) is 5.62. The summed E-state index contributed by atoms with van der Waals surface area (Å²) in [6.07, 6.45) is 4.23. The van der Waals surface area contributed by atoms with Gasteiger partial charge < -0.3 is 14.9 Å². The molecule has 0 amide bonds. The highest BCUT2D eigenvalue weighted by Gasteiger charge is 2.22. The van der Waals surface area contributed by atoms with Crippen LogP contribution in [0.1, 0.15) is 12.8 Å². The summed E-state index contributed by atoms with van der Waals surface area (Å²) in [4.78, 5) is 9.34. The summed E-state index contributed by atoms with van der Waals surface area (Å²) in [7, 11) is 4.38. The number of fused-ring (bicyclic) bond motifs is 1. The van der Waals surface area contributed by atoms with Crippen LogP contribution in [0.15, 0.2) is 48.7 Å². The Kier molecular flexibility index (Phi) is 4.94. The zero-order valence-corrected chi connectivity index (χ0v) is 16.4. The summed E-state index contributed by atoms with van der Waals surface area (Å²) in [5.41, 5.74) is 4.24. The average Bonchev–Trinajstić information content (AvgIpc) is 2.69. The van der Waals surface area contributed by atoms with E-state index in [0.717, 1.165) is 35.1 Å². The number of nitrogens with zero attached hydrogens (tertiary/aromatic N) is 3. The Balaban J connectivity index is 1.74. The Labute approximate surface area is 165 Å². The Morgan fingerprint density at radius 2 is 1.78 bits per heavy atom. The smallest absolute Gasteiger partial charge is 0.134 e. The van der Waals surface area contributed by atoms with Crippen LogP contribution in [0.2, 0.25) is 5.02 Å². The third kappa shape index (κ3) is 3.60. The monoisotopic (exact) mass is 381 g/mol. The molecule has 27 heavy (non-hydrogen) atoms. The zero-order chi connectivity index (χ0) is 19.0. The molecular weight excluding hydrogens is 358 g/mol. The van der Waals surface area contributed by atoms with Crippen molar-refractivity contribution in [2.24, 2.45) is 0 Å². The van der Waals surface area contributed by atoms with Crippen LogP contribution >= 0.6 is 11.6 Å². The van der Waals surface area contributed by atoms with Gasteiger partial charge in [0.15, 0.2) is 0 Å². The van der Waals surface area contributed by atoms with Crippen LogP contribution in [0.3, 0.4) is 0 Å². The van der Waals surface area contributed by atoms with Gasteiger partial charge in [-0.15, -0.1) is 0 Å². The predicted octanol–water partition coefficient (Wildman–Crippen LogP) is 4.79. The first-order valence-electron chi connectivity index (χ1n) is 9.32. The quantitative estimate of drug-likeness (QED) is 0.708. The van der Waals surface area contributed by atoms with Crippen molar-refractivity contribution in [1.29, 1.82) is 0 Å². The molecule has 0 atom stereocenters. The second kappa shape index (κ2) is 7.37. The van der Waals surface area contributed by atoms with Gasteiger partial charge in [-0.25, -0.2) is 0 Å². The maximum absolute atomic E-state index is 9.69. The van der Waals surface area contributed by atoms with Crippen molar-refractivity contribution >= 4 is 28.2 Å². The zero-order valence-electron chi connectivity index (χ0n) is 15.7. The fourth-order valence-electron chi connectivity index (χ4n) is 3.88. The van der Waals surface area contributed by atoms with Crippen molar-refractivity contribution in [2.75, 3.05) is 32.1 Å². The molecule has 1 saturated heterocycles. The molecule has 140 valence electrons. The topological polar surface area (TPSA) is 39.6 Å². The molecule has 0 aliphatic carbocycles. The summed E-state index contributed by atoms with van der Waals surface area (Å²) in [6, 6.07) is 14.2. The minimum Gasteiger partial charge on any atom is -0.506 e. The highest BCUT2D eigenvalue weighted by molar-refractivity contribution is 6.32. The number of rotatable bonds is 3. The number of aromatic hydroxyl groups is 1. The summed E-state index contributed by atoms with van der Waals surface area (Å²) < 4.78 is 0. The molecule has 5 heteroatoms. The molecule has 0 unspecified atom stereocenters. The fourth-order valence-corrected chi connectivity index (χ4v) is 4.06. The van der Waals surface area contributed by atoms with Crippen LogP contribution in [0.25, 0.3) is 22.0 Å². The van der Waals surface area contributed by atoms with E-state index in [1.165, 1.54) is 18.5 Å². The number of benzene rings is 2. The van der Waals surface area contributed by atoms with Gasteiger partial charge >= 0.3 is 0 Å². The van der Waals surface area contributed by atoms with Gasteiger partial charge in [0.2, 0.25) is 0 Å². The van der Waals surface area contributed by atoms with Crippen LogP contribution < -0.4 is 4.90 Å². The number of phenolic OH excluding ortho intramolecular Hbond substituents is 1. The highest BCUT2D eigenvalue weighted by Crippen LogP contribution is 2.34. The van der Waals surface area contributed by atoms with Gasteiger partial charge in [-0.2, -0.15) is 0 Å². The van der Waals surface area contributed by atoms with Gasteiger partial charge in [-0.3, -0.25) is 4.98 Å². The van der Waals surface area contributed by atoms with Crippen molar-refractivity contribution in [3.8, 4) is 16.9 Å². The number of aromatic nitrogens is 1. The summed E-state index contributed by atoms with van der Waals surface area (Å²) in [6.45, 7) is 2.27. The van der Waals surface area contributed by atoms with E-state index in [9.17, 15) is 5.11 Å². The third-order valence-corrected chi connectivity index (χ3v) is 5.92. The molecule has 4 nitrogen and oxygen atoms in total. The van der Waals surface area contributed by atoms with Crippen molar-refractivity contribution in [3.05, 3.63) is 53.7 Å². The minimum atomic E-state index is 0.102. The van der Waals surface area contributed by atoms with Gasteiger partial charge in [-0.05, 0) is 74.4 Å². The molecule has 0 radical (unpaired) electrons. The van der Waals surface area contributed by atoms with Crippen LogP contribution in [-0.2, 0) is 0 Å². The van der Waals surface area contributed by atoms with Crippen molar-refractivity contribution in [1.82, 2.24) is 9.88 Å². The number of likely N-dealkylation sites (tertiary alicyclic amines) is 1. The van der Waals surface area contributed by atoms with E-state index in [2.05, 4.69) is 53.1 Å². The van der Waals surface area contributed by atoms with E-state index in [0.29, 0.717) is 11.1 Å². The number of piperidine rings is 1. The van der Waals surface area contributed by atoms with Crippen LogP contribution in [0.4, 0.5) is 5.69 Å². The molecule has 2 aromatic carbocycles. The number of phenols is 1. The first-order valence-corrected chi connectivity index (χ1v) is 9.70. The number of hydrogen-bond acceptors (Lipinski definition) is 4. The molecule has 2 heterocycles. The maximum atomic E-state index is 9.69. The van der Waals surface area contributed by atoms with E-state index >= 15 is 0 Å². The lowest BCUT2D eigenvalue weighted by Crippen LogP contribution is -2.42. The first kappa shape index (κ1) is 18.1. The lowest BCUT2D eigenvalue weighted by atomic mass is 10.00. The van der Waals surface area contributed by atoms with E-state index in [1.54, 1.807) is 12.1 Å². The Bertz CT molecular complexity index is 967. The molecule has 1 aromatic heterocycles. The van der Waals surface area contributed by atoms with Gasteiger partial charge in [-0.1, -0.05) is 23.7 Å². The van der Waals surface area contributed by atoms with Crippen molar-refractivity contribution < 1.29 is 5.11 Å². The summed E-state index contributed by atoms with van der Waals surface area (Å²) in [5.74, 6) is 0.102. The molecule has 1 aliphatic rings. The number of pyridine rings is 1. The van der Waals surface area contributed by atoms with E-state index in [-0.39, 0.29) is 5.75 Å². The van der Waals surface area contributed by atoms with Gasteiger partial charge in [0.1, 0.15) is 5.75 Å². The van der Waals surface area contributed by atoms with Crippen LogP contribution in [-0.4, -0.2) is 48.2 Å². The van der Waals surface area contributed by atoms with E-state index in [4.69, 9.17) is 11.6 Å². The molecule has 0 spiro atoms. The molecule has 1 N–H and O–H groups in total. The summed E-state index contributed by atoms with van der Waals surface area (Å²) >= 11 is 6.10. The largest absolute Gasteiger partial charge is 0.506 e. The first-order chi connectivity index (χ1) is 13.0. The second-order valence-electron chi connectivity index (χ2n) is 7.37. The molecule has 0 bridgehead atoms. The number of halogens is 1. The standard InChI is InChI=1S/C22H24ClN3O/c1-25-11-8-17(9-12-25)26(2)21-7-10-24-20-5-3-15(13-18(20)21)16-4-6-22(27)19(23)14-16/h3-7,10,13-14,17,27H,8-9,11-12H2,1-2H3. The fraction of sp³-hybridized carbons (Fsp3) is 0.318. The van der Waals surface area contributed by atoms with Crippen molar-refractivity contribution in [3.63, 3.8) is 0 Å². The van der Waals surface area contributed by atoms with Gasteiger partial charge in [0.25, 0.3) is 0 Å².